The maximum absolute atomic E-state index is 7.00. The van der Waals surface area contributed by atoms with Gasteiger partial charge in [-0.25, -0.2) is 0 Å². The van der Waals surface area contributed by atoms with Crippen molar-refractivity contribution < 1.29 is 14.9 Å². The van der Waals surface area contributed by atoms with E-state index in [0.717, 1.165) is 14.2 Å². The van der Waals surface area contributed by atoms with E-state index < -0.39 is 0 Å². The lowest BCUT2D eigenvalue weighted by Gasteiger charge is -1.61. The molecule has 0 heterocycles. The minimum Gasteiger partial charge on any atom is -0.400 e. The van der Waals surface area contributed by atoms with Crippen molar-refractivity contribution in [2.24, 2.45) is 0 Å². The van der Waals surface area contributed by atoms with Crippen molar-refractivity contribution in [2.75, 3.05) is 28.4 Å². The first-order valence-electron chi connectivity index (χ1n) is 1.71. The van der Waals surface area contributed by atoms with Gasteiger partial charge in [-0.15, -0.1) is 0 Å². The smallest absolute Gasteiger partial charge is 0.0351 e. The fourth-order valence-electron chi connectivity index (χ4n) is 0. The standard InChI is InChI=1S/C2H6O.2CH4O.CH4/c1-3-2;2*1-2;/h1-2H3;2*2H,1H3;1H4. The van der Waals surface area contributed by atoms with Gasteiger partial charge in [0.15, 0.2) is 0 Å². The average Bonchev–Trinajstić information content (AvgIpc) is 1.78. The summed E-state index contributed by atoms with van der Waals surface area (Å²) < 4.78 is 4.25. The summed E-state index contributed by atoms with van der Waals surface area (Å²) >= 11 is 0. The maximum atomic E-state index is 7.00. The van der Waals surface area contributed by atoms with E-state index in [2.05, 4.69) is 4.74 Å². The molecule has 0 saturated carbocycles. The van der Waals surface area contributed by atoms with Crippen LogP contribution in [-0.4, -0.2) is 38.7 Å². The number of aliphatic hydroxyl groups excluding tert-OH is 2. The Balaban J connectivity index is -0.0000000147. The summed E-state index contributed by atoms with van der Waals surface area (Å²) in [7, 11) is 5.25. The third-order valence-corrected chi connectivity index (χ3v) is 0. The van der Waals surface area contributed by atoms with Gasteiger partial charge in [-0.3, -0.25) is 0 Å². The van der Waals surface area contributed by atoms with Crippen molar-refractivity contribution in [3.05, 3.63) is 0 Å². The molecule has 8 heavy (non-hydrogen) atoms. The number of ether oxygens (including phenoxy) is 1. The lowest BCUT2D eigenvalue weighted by molar-refractivity contribution is 0.277. The van der Waals surface area contributed by atoms with Gasteiger partial charge in [-0.1, -0.05) is 7.43 Å². The van der Waals surface area contributed by atoms with E-state index in [1.165, 1.54) is 0 Å². The monoisotopic (exact) mass is 126 g/mol. The van der Waals surface area contributed by atoms with Gasteiger partial charge in [0, 0.05) is 28.4 Å². The van der Waals surface area contributed by atoms with Gasteiger partial charge in [0.2, 0.25) is 0 Å². The van der Waals surface area contributed by atoms with Crippen LogP contribution in [-0.2, 0) is 4.74 Å². The number of rotatable bonds is 0. The van der Waals surface area contributed by atoms with Crippen molar-refractivity contribution in [3.8, 4) is 0 Å². The third-order valence-electron chi connectivity index (χ3n) is 0. The van der Waals surface area contributed by atoms with E-state index in [-0.39, 0.29) is 7.43 Å². The van der Waals surface area contributed by atoms with Gasteiger partial charge < -0.3 is 14.9 Å². The summed E-state index contributed by atoms with van der Waals surface area (Å²) in [6.45, 7) is 0. The van der Waals surface area contributed by atoms with Gasteiger partial charge in [0.05, 0.1) is 0 Å². The molecular formula is C5H18O3. The second-order valence-electron chi connectivity index (χ2n) is 0.408. The van der Waals surface area contributed by atoms with Crippen LogP contribution in [0.3, 0.4) is 0 Å². The Hall–Kier alpha value is -0.120. The highest BCUT2D eigenvalue weighted by Gasteiger charge is 1.25. The summed E-state index contributed by atoms with van der Waals surface area (Å²) in [5, 5.41) is 14.0. The molecule has 0 spiro atoms. The van der Waals surface area contributed by atoms with Gasteiger partial charge in [-0.05, 0) is 0 Å². The fourth-order valence-corrected chi connectivity index (χ4v) is 0. The molecular weight excluding hydrogens is 108 g/mol. The Morgan fingerprint density at radius 1 is 0.875 bits per heavy atom. The highest BCUT2D eigenvalue weighted by atomic mass is 16.4. The summed E-state index contributed by atoms with van der Waals surface area (Å²) in [5.41, 5.74) is 0. The second kappa shape index (κ2) is 307. The first-order chi connectivity index (χ1) is 3.41. The average molecular weight is 126 g/mol. The Bertz CT molecular complexity index is 7.64. The molecule has 0 aromatic rings. The lowest BCUT2D eigenvalue weighted by atomic mass is 11.6. The summed E-state index contributed by atoms with van der Waals surface area (Å²) in [4.78, 5) is 0. The van der Waals surface area contributed by atoms with Crippen LogP contribution in [0.2, 0.25) is 0 Å². The Morgan fingerprint density at radius 3 is 0.875 bits per heavy atom. The first-order valence-corrected chi connectivity index (χ1v) is 1.71. The topological polar surface area (TPSA) is 49.7 Å². The van der Waals surface area contributed by atoms with Crippen LogP contribution < -0.4 is 0 Å². The van der Waals surface area contributed by atoms with E-state index in [1.54, 1.807) is 14.2 Å². The molecule has 2 N–H and O–H groups in total. The molecule has 0 atom stereocenters. The third kappa shape index (κ3) is 9720. The SMILES string of the molecule is C.CO.CO.COC. The zero-order valence-corrected chi connectivity index (χ0v) is 5.30. The first kappa shape index (κ1) is 24.8. The van der Waals surface area contributed by atoms with Gasteiger partial charge >= 0.3 is 0 Å². The van der Waals surface area contributed by atoms with E-state index >= 15 is 0 Å². The number of aliphatic hydroxyl groups is 2. The van der Waals surface area contributed by atoms with Crippen molar-refractivity contribution in [3.63, 3.8) is 0 Å². The minimum atomic E-state index is 0. The van der Waals surface area contributed by atoms with Crippen molar-refractivity contribution in [1.82, 2.24) is 0 Å². The van der Waals surface area contributed by atoms with Crippen LogP contribution in [0.15, 0.2) is 0 Å². The molecule has 0 radical (unpaired) electrons. The van der Waals surface area contributed by atoms with Crippen LogP contribution in [0, 0.1) is 0 Å². The van der Waals surface area contributed by atoms with Gasteiger partial charge in [-0.2, -0.15) is 0 Å². The lowest BCUT2D eigenvalue weighted by Crippen LogP contribution is -1.55. The molecule has 0 rings (SSSR count). The summed E-state index contributed by atoms with van der Waals surface area (Å²) in [5.74, 6) is 0. The quantitative estimate of drug-likeness (QED) is 0.484. The molecule has 0 aliphatic carbocycles. The molecule has 0 aliphatic rings. The van der Waals surface area contributed by atoms with Crippen LogP contribution in [0.5, 0.6) is 0 Å². The normalized spacial score (nSPS) is 3.75. The number of hydrogen-bond acceptors (Lipinski definition) is 3. The number of methoxy groups -OCH3 is 1. The molecule has 0 aliphatic heterocycles. The molecule has 0 saturated heterocycles. The van der Waals surface area contributed by atoms with E-state index in [9.17, 15) is 0 Å². The van der Waals surface area contributed by atoms with Crippen molar-refractivity contribution in [2.45, 2.75) is 7.43 Å². The molecule has 0 amide bonds. The molecule has 3 nitrogen and oxygen atoms in total. The summed E-state index contributed by atoms with van der Waals surface area (Å²) in [6.07, 6.45) is 0. The molecule has 0 unspecified atom stereocenters. The van der Waals surface area contributed by atoms with E-state index in [4.69, 9.17) is 10.2 Å². The highest BCUT2D eigenvalue weighted by Crippen LogP contribution is 1.28. The Kier molecular flexibility index (Phi) is 951. The predicted octanol–water partition coefficient (Wildman–Crippen LogP) is 0.116. The molecule has 3 heteroatoms. The molecule has 0 bridgehead atoms. The van der Waals surface area contributed by atoms with Crippen LogP contribution in [0.1, 0.15) is 7.43 Å². The molecule has 0 fully saturated rings. The predicted molar refractivity (Wildman–Crippen MR) is 35.9 cm³/mol. The van der Waals surface area contributed by atoms with Gasteiger partial charge in [0.1, 0.15) is 0 Å². The molecule has 0 aromatic heterocycles. The van der Waals surface area contributed by atoms with Crippen LogP contribution in [0.25, 0.3) is 0 Å². The zero-order valence-electron chi connectivity index (χ0n) is 5.30. The largest absolute Gasteiger partial charge is 0.400 e. The summed E-state index contributed by atoms with van der Waals surface area (Å²) in [6, 6.07) is 0. The second-order valence-corrected chi connectivity index (χ2v) is 0.408. The number of hydrogen-bond donors (Lipinski definition) is 2. The molecule has 56 valence electrons. The van der Waals surface area contributed by atoms with E-state index in [0.29, 0.717) is 0 Å². The molecule has 0 aromatic carbocycles. The minimum absolute atomic E-state index is 0. The van der Waals surface area contributed by atoms with Crippen molar-refractivity contribution >= 4 is 0 Å². The van der Waals surface area contributed by atoms with Crippen molar-refractivity contribution in [1.29, 1.82) is 0 Å². The zero-order chi connectivity index (χ0) is 6.71. The van der Waals surface area contributed by atoms with Crippen LogP contribution >= 0.6 is 0 Å². The fraction of sp³-hybridized carbons (Fsp3) is 1.00. The maximum Gasteiger partial charge on any atom is 0.0351 e. The Labute approximate surface area is 51.9 Å². The van der Waals surface area contributed by atoms with E-state index in [1.807, 2.05) is 0 Å². The van der Waals surface area contributed by atoms with Gasteiger partial charge in [0.25, 0.3) is 0 Å². The highest BCUT2D eigenvalue weighted by molar-refractivity contribution is 3.56. The Morgan fingerprint density at radius 2 is 0.875 bits per heavy atom. The van der Waals surface area contributed by atoms with Crippen LogP contribution in [0.4, 0.5) is 0 Å².